The molecular formula is C19H18N2O4S. The lowest BCUT2D eigenvalue weighted by molar-refractivity contribution is 0.297. The SMILES string of the molecule is CCc1cccc(C)c1NS(=O)(=O)c1ccc2c(c1)-c1oncc1CO2. The second kappa shape index (κ2) is 6.17. The summed E-state index contributed by atoms with van der Waals surface area (Å²) in [7, 11) is -3.76. The zero-order valence-electron chi connectivity index (χ0n) is 14.4. The minimum Gasteiger partial charge on any atom is -0.488 e. The normalized spacial score (nSPS) is 12.8. The van der Waals surface area contributed by atoms with Gasteiger partial charge < -0.3 is 9.26 Å². The van der Waals surface area contributed by atoms with Crippen molar-refractivity contribution in [2.45, 2.75) is 31.8 Å². The van der Waals surface area contributed by atoms with Gasteiger partial charge in [0, 0.05) is 0 Å². The summed E-state index contributed by atoms with van der Waals surface area (Å²) in [5, 5.41) is 3.78. The van der Waals surface area contributed by atoms with Gasteiger partial charge in [-0.3, -0.25) is 4.72 Å². The molecule has 0 unspecified atom stereocenters. The Morgan fingerprint density at radius 3 is 2.88 bits per heavy atom. The highest BCUT2D eigenvalue weighted by molar-refractivity contribution is 7.92. The van der Waals surface area contributed by atoms with E-state index in [0.29, 0.717) is 29.4 Å². The topological polar surface area (TPSA) is 81.4 Å². The Labute approximate surface area is 151 Å². The van der Waals surface area contributed by atoms with Crippen molar-refractivity contribution < 1.29 is 17.7 Å². The van der Waals surface area contributed by atoms with Crippen molar-refractivity contribution in [3.05, 3.63) is 59.3 Å². The van der Waals surface area contributed by atoms with Gasteiger partial charge in [0.15, 0.2) is 5.76 Å². The molecular weight excluding hydrogens is 352 g/mol. The van der Waals surface area contributed by atoms with E-state index in [-0.39, 0.29) is 4.90 Å². The van der Waals surface area contributed by atoms with Crippen molar-refractivity contribution in [3.63, 3.8) is 0 Å². The van der Waals surface area contributed by atoms with Crippen molar-refractivity contribution in [1.29, 1.82) is 0 Å². The summed E-state index contributed by atoms with van der Waals surface area (Å²) in [6.45, 7) is 4.24. The number of aryl methyl sites for hydroxylation is 2. The Hall–Kier alpha value is -2.80. The first kappa shape index (κ1) is 16.7. The first-order valence-corrected chi connectivity index (χ1v) is 9.80. The number of benzene rings is 2. The fourth-order valence-electron chi connectivity index (χ4n) is 3.08. The molecule has 1 aliphatic rings. The van der Waals surface area contributed by atoms with E-state index in [9.17, 15) is 8.42 Å². The van der Waals surface area contributed by atoms with E-state index in [1.165, 1.54) is 6.07 Å². The first-order valence-electron chi connectivity index (χ1n) is 8.31. The zero-order valence-corrected chi connectivity index (χ0v) is 15.3. The average Bonchev–Trinajstić information content (AvgIpc) is 3.12. The minimum atomic E-state index is -3.76. The van der Waals surface area contributed by atoms with Gasteiger partial charge in [-0.05, 0) is 42.7 Å². The molecule has 2 heterocycles. The molecule has 1 aromatic heterocycles. The number of rotatable bonds is 4. The minimum absolute atomic E-state index is 0.148. The van der Waals surface area contributed by atoms with Gasteiger partial charge in [0.25, 0.3) is 10.0 Å². The summed E-state index contributed by atoms with van der Waals surface area (Å²) < 4.78 is 39.6. The molecule has 6 nitrogen and oxygen atoms in total. The summed E-state index contributed by atoms with van der Waals surface area (Å²) in [4.78, 5) is 0.148. The third-order valence-electron chi connectivity index (χ3n) is 4.51. The maximum absolute atomic E-state index is 13.0. The molecule has 0 saturated heterocycles. The highest BCUT2D eigenvalue weighted by atomic mass is 32.2. The van der Waals surface area contributed by atoms with Crippen LogP contribution in [0.5, 0.6) is 5.75 Å². The lowest BCUT2D eigenvalue weighted by Gasteiger charge is -2.18. The number of para-hydroxylation sites is 1. The number of nitrogens with one attached hydrogen (secondary N) is 1. The van der Waals surface area contributed by atoms with Crippen LogP contribution in [0.1, 0.15) is 23.6 Å². The van der Waals surface area contributed by atoms with E-state index in [0.717, 1.165) is 23.1 Å². The van der Waals surface area contributed by atoms with Crippen LogP contribution >= 0.6 is 0 Å². The molecule has 0 amide bonds. The van der Waals surface area contributed by atoms with Gasteiger partial charge in [0.05, 0.1) is 27.9 Å². The van der Waals surface area contributed by atoms with Gasteiger partial charge in [0.1, 0.15) is 12.4 Å². The Bertz CT molecular complexity index is 1090. The van der Waals surface area contributed by atoms with E-state index < -0.39 is 10.0 Å². The van der Waals surface area contributed by atoms with E-state index in [4.69, 9.17) is 9.26 Å². The number of hydrogen-bond acceptors (Lipinski definition) is 5. The maximum atomic E-state index is 13.0. The van der Waals surface area contributed by atoms with Gasteiger partial charge in [0.2, 0.25) is 0 Å². The van der Waals surface area contributed by atoms with Gasteiger partial charge in [-0.25, -0.2) is 8.42 Å². The molecule has 0 atom stereocenters. The third-order valence-corrected chi connectivity index (χ3v) is 5.86. The Kier molecular flexibility index (Phi) is 3.96. The summed E-state index contributed by atoms with van der Waals surface area (Å²) in [6, 6.07) is 10.5. The van der Waals surface area contributed by atoms with Crippen LogP contribution in [-0.2, 0) is 23.1 Å². The van der Waals surface area contributed by atoms with E-state index >= 15 is 0 Å². The predicted molar refractivity (Wildman–Crippen MR) is 97.6 cm³/mol. The number of ether oxygens (including phenoxy) is 1. The van der Waals surface area contributed by atoms with Crippen molar-refractivity contribution >= 4 is 15.7 Å². The smallest absolute Gasteiger partial charge is 0.261 e. The number of fused-ring (bicyclic) bond motifs is 3. The van der Waals surface area contributed by atoms with Gasteiger partial charge >= 0.3 is 0 Å². The van der Waals surface area contributed by atoms with Crippen LogP contribution in [0.15, 0.2) is 52.0 Å². The Morgan fingerprint density at radius 2 is 2.08 bits per heavy atom. The maximum Gasteiger partial charge on any atom is 0.261 e. The van der Waals surface area contributed by atoms with E-state index in [2.05, 4.69) is 9.88 Å². The molecule has 0 saturated carbocycles. The molecule has 3 aromatic rings. The van der Waals surface area contributed by atoms with Crippen LogP contribution in [0.2, 0.25) is 0 Å². The Morgan fingerprint density at radius 1 is 1.23 bits per heavy atom. The van der Waals surface area contributed by atoms with Crippen molar-refractivity contribution in [2.24, 2.45) is 0 Å². The fraction of sp³-hybridized carbons (Fsp3) is 0.211. The van der Waals surface area contributed by atoms with Crippen LogP contribution in [0.4, 0.5) is 5.69 Å². The number of sulfonamides is 1. The largest absolute Gasteiger partial charge is 0.488 e. The molecule has 1 N–H and O–H groups in total. The summed E-state index contributed by atoms with van der Waals surface area (Å²) in [5.74, 6) is 1.13. The molecule has 26 heavy (non-hydrogen) atoms. The average molecular weight is 370 g/mol. The van der Waals surface area contributed by atoms with Crippen LogP contribution in [0.25, 0.3) is 11.3 Å². The molecule has 134 valence electrons. The molecule has 0 aliphatic carbocycles. The summed E-state index contributed by atoms with van der Waals surface area (Å²) >= 11 is 0. The fourth-order valence-corrected chi connectivity index (χ4v) is 4.28. The lowest BCUT2D eigenvalue weighted by Crippen LogP contribution is -2.15. The predicted octanol–water partition coefficient (Wildman–Crippen LogP) is 3.91. The lowest BCUT2D eigenvalue weighted by atomic mass is 10.1. The van der Waals surface area contributed by atoms with Crippen LogP contribution in [-0.4, -0.2) is 13.6 Å². The quantitative estimate of drug-likeness (QED) is 0.753. The van der Waals surface area contributed by atoms with Gasteiger partial charge in [-0.1, -0.05) is 30.3 Å². The number of aromatic nitrogens is 1. The number of hydrogen-bond donors (Lipinski definition) is 1. The monoisotopic (exact) mass is 370 g/mol. The molecule has 0 radical (unpaired) electrons. The van der Waals surface area contributed by atoms with Gasteiger partial charge in [-0.15, -0.1) is 0 Å². The van der Waals surface area contributed by atoms with Crippen molar-refractivity contribution in [1.82, 2.24) is 5.16 Å². The van der Waals surface area contributed by atoms with Crippen molar-refractivity contribution in [2.75, 3.05) is 4.72 Å². The Balaban J connectivity index is 1.76. The molecule has 0 spiro atoms. The highest BCUT2D eigenvalue weighted by Crippen LogP contribution is 2.39. The van der Waals surface area contributed by atoms with Crippen LogP contribution in [0, 0.1) is 6.92 Å². The first-order chi connectivity index (χ1) is 12.5. The summed E-state index contributed by atoms with van der Waals surface area (Å²) in [5.41, 5.74) is 3.85. The second-order valence-electron chi connectivity index (χ2n) is 6.19. The van der Waals surface area contributed by atoms with Crippen LogP contribution in [0.3, 0.4) is 0 Å². The molecule has 1 aliphatic heterocycles. The zero-order chi connectivity index (χ0) is 18.3. The van der Waals surface area contributed by atoms with Crippen molar-refractivity contribution in [3.8, 4) is 17.1 Å². The molecule has 7 heteroatoms. The summed E-state index contributed by atoms with van der Waals surface area (Å²) in [6.07, 6.45) is 2.32. The number of anilines is 1. The second-order valence-corrected chi connectivity index (χ2v) is 7.88. The van der Waals surface area contributed by atoms with E-state index in [1.54, 1.807) is 18.3 Å². The van der Waals surface area contributed by atoms with Gasteiger partial charge in [-0.2, -0.15) is 0 Å². The molecule has 0 bridgehead atoms. The molecule has 4 rings (SSSR count). The molecule has 2 aromatic carbocycles. The van der Waals surface area contributed by atoms with Crippen LogP contribution < -0.4 is 9.46 Å². The highest BCUT2D eigenvalue weighted by Gasteiger charge is 2.25. The third kappa shape index (κ3) is 2.74. The van der Waals surface area contributed by atoms with E-state index in [1.807, 2.05) is 32.0 Å². The molecule has 0 fully saturated rings. The standard InChI is InChI=1S/C19H18N2O4S/c1-3-13-6-4-5-12(2)18(13)21-26(22,23)15-7-8-17-16(9-15)19-14(11-24-17)10-20-25-19/h4-10,21H,3,11H2,1-2H3. The number of nitrogens with zero attached hydrogens (tertiary/aromatic N) is 1.